The van der Waals surface area contributed by atoms with Crippen LogP contribution in [-0.4, -0.2) is 31.6 Å². The van der Waals surface area contributed by atoms with Gasteiger partial charge in [0.25, 0.3) is 0 Å². The summed E-state index contributed by atoms with van der Waals surface area (Å²) in [6.07, 6.45) is 1.05. The summed E-state index contributed by atoms with van der Waals surface area (Å²) in [5.41, 5.74) is 11.9. The Kier molecular flexibility index (Phi) is 2.48. The first-order chi connectivity index (χ1) is 7.22. The van der Waals surface area contributed by atoms with E-state index in [1.54, 1.807) is 0 Å². The highest BCUT2D eigenvalue weighted by Gasteiger charge is 2.13. The standard InChI is InChI=1S/C8H12N6O/c9-2-1-4(15)7-13-5-6(10)11-3-12-8(5)14-7/h3-4,15H,1-2,9H2,(H3,10,11,12,13,14). The van der Waals surface area contributed by atoms with Crippen LogP contribution in [0.3, 0.4) is 0 Å². The third-order valence-corrected chi connectivity index (χ3v) is 2.09. The number of fused-ring (bicyclic) bond motifs is 1. The molecule has 80 valence electrons. The van der Waals surface area contributed by atoms with Gasteiger partial charge in [-0.2, -0.15) is 0 Å². The van der Waals surface area contributed by atoms with Gasteiger partial charge in [0.15, 0.2) is 11.5 Å². The van der Waals surface area contributed by atoms with E-state index in [0.29, 0.717) is 35.8 Å². The molecule has 0 bridgehead atoms. The molecule has 0 spiro atoms. The molecule has 0 aromatic carbocycles. The second-order valence-corrected chi connectivity index (χ2v) is 3.17. The molecule has 0 aliphatic rings. The number of hydrogen-bond donors (Lipinski definition) is 4. The number of nitrogen functional groups attached to an aromatic ring is 1. The van der Waals surface area contributed by atoms with Crippen molar-refractivity contribution in [3.63, 3.8) is 0 Å². The Morgan fingerprint density at radius 3 is 2.93 bits per heavy atom. The second-order valence-electron chi connectivity index (χ2n) is 3.17. The molecule has 2 heterocycles. The Bertz CT molecular complexity index is 467. The highest BCUT2D eigenvalue weighted by atomic mass is 16.3. The van der Waals surface area contributed by atoms with Gasteiger partial charge in [-0.1, -0.05) is 0 Å². The summed E-state index contributed by atoms with van der Waals surface area (Å²) in [6, 6.07) is 0. The summed E-state index contributed by atoms with van der Waals surface area (Å²) in [5.74, 6) is 0.737. The third kappa shape index (κ3) is 1.74. The number of nitrogens with zero attached hydrogens (tertiary/aromatic N) is 3. The van der Waals surface area contributed by atoms with Crippen LogP contribution in [0.25, 0.3) is 11.2 Å². The first kappa shape index (κ1) is 9.81. The Labute approximate surface area is 85.6 Å². The zero-order valence-electron chi connectivity index (χ0n) is 8.01. The Morgan fingerprint density at radius 1 is 1.47 bits per heavy atom. The fourth-order valence-corrected chi connectivity index (χ4v) is 1.32. The number of imidazole rings is 1. The van der Waals surface area contributed by atoms with E-state index >= 15 is 0 Å². The van der Waals surface area contributed by atoms with Gasteiger partial charge in [0.1, 0.15) is 23.8 Å². The maximum atomic E-state index is 9.65. The normalized spacial score (nSPS) is 13.2. The number of nitrogens with one attached hydrogen (secondary N) is 1. The molecule has 1 unspecified atom stereocenters. The summed E-state index contributed by atoms with van der Waals surface area (Å²) in [6.45, 7) is 0.388. The lowest BCUT2D eigenvalue weighted by atomic mass is 10.2. The van der Waals surface area contributed by atoms with Crippen molar-refractivity contribution in [3.05, 3.63) is 12.2 Å². The number of H-pyrrole nitrogens is 1. The van der Waals surface area contributed by atoms with Crippen molar-refractivity contribution in [2.45, 2.75) is 12.5 Å². The van der Waals surface area contributed by atoms with Crippen LogP contribution in [0.2, 0.25) is 0 Å². The molecule has 0 saturated heterocycles. The zero-order valence-corrected chi connectivity index (χ0v) is 8.01. The maximum Gasteiger partial charge on any atom is 0.183 e. The molecule has 7 heteroatoms. The summed E-state index contributed by atoms with van der Waals surface area (Å²) < 4.78 is 0. The van der Waals surface area contributed by atoms with Crippen LogP contribution in [0.15, 0.2) is 6.33 Å². The van der Waals surface area contributed by atoms with Crippen LogP contribution in [0.4, 0.5) is 5.82 Å². The minimum atomic E-state index is -0.719. The van der Waals surface area contributed by atoms with Gasteiger partial charge < -0.3 is 21.6 Å². The molecule has 0 radical (unpaired) electrons. The first-order valence-electron chi connectivity index (χ1n) is 4.56. The largest absolute Gasteiger partial charge is 0.385 e. The molecule has 7 nitrogen and oxygen atoms in total. The second kappa shape index (κ2) is 3.79. The third-order valence-electron chi connectivity index (χ3n) is 2.09. The number of anilines is 1. The van der Waals surface area contributed by atoms with E-state index in [-0.39, 0.29) is 0 Å². The number of nitrogens with two attached hydrogens (primary N) is 2. The lowest BCUT2D eigenvalue weighted by Gasteiger charge is -2.03. The van der Waals surface area contributed by atoms with Gasteiger partial charge in [-0.05, 0) is 13.0 Å². The van der Waals surface area contributed by atoms with Gasteiger partial charge in [-0.3, -0.25) is 0 Å². The number of aliphatic hydroxyl groups is 1. The van der Waals surface area contributed by atoms with Crippen molar-refractivity contribution < 1.29 is 5.11 Å². The molecule has 0 aliphatic carbocycles. The first-order valence-corrected chi connectivity index (χ1v) is 4.56. The summed E-state index contributed by atoms with van der Waals surface area (Å²) >= 11 is 0. The number of hydrogen-bond acceptors (Lipinski definition) is 6. The minimum absolute atomic E-state index is 0.318. The average molecular weight is 208 g/mol. The smallest absolute Gasteiger partial charge is 0.183 e. The van der Waals surface area contributed by atoms with Crippen molar-refractivity contribution in [3.8, 4) is 0 Å². The van der Waals surface area contributed by atoms with Crippen molar-refractivity contribution in [2.75, 3.05) is 12.3 Å². The number of aromatic amines is 1. The van der Waals surface area contributed by atoms with Crippen molar-refractivity contribution in [1.29, 1.82) is 0 Å². The fraction of sp³-hybridized carbons (Fsp3) is 0.375. The van der Waals surface area contributed by atoms with Crippen LogP contribution in [0, 0.1) is 0 Å². The number of aliphatic hydroxyl groups excluding tert-OH is 1. The fourth-order valence-electron chi connectivity index (χ4n) is 1.32. The van der Waals surface area contributed by atoms with Crippen LogP contribution in [0.1, 0.15) is 18.3 Å². The molecule has 0 aliphatic heterocycles. The molecule has 2 rings (SSSR count). The quantitative estimate of drug-likeness (QED) is 0.529. The van der Waals surface area contributed by atoms with Crippen molar-refractivity contribution >= 4 is 17.0 Å². The monoisotopic (exact) mass is 208 g/mol. The molecule has 0 amide bonds. The topological polar surface area (TPSA) is 127 Å². The van der Waals surface area contributed by atoms with E-state index in [9.17, 15) is 5.11 Å². The van der Waals surface area contributed by atoms with Gasteiger partial charge in [0, 0.05) is 0 Å². The van der Waals surface area contributed by atoms with Gasteiger partial charge in [-0.25, -0.2) is 15.0 Å². The Morgan fingerprint density at radius 2 is 2.27 bits per heavy atom. The molecule has 15 heavy (non-hydrogen) atoms. The van der Waals surface area contributed by atoms with E-state index in [1.165, 1.54) is 6.33 Å². The molecule has 2 aromatic heterocycles. The van der Waals surface area contributed by atoms with Gasteiger partial charge in [-0.15, -0.1) is 0 Å². The van der Waals surface area contributed by atoms with E-state index < -0.39 is 6.10 Å². The van der Waals surface area contributed by atoms with Crippen LogP contribution >= 0.6 is 0 Å². The SMILES string of the molecule is NCCC(O)c1nc2ncnc(N)c2[nH]1. The zero-order chi connectivity index (χ0) is 10.8. The summed E-state index contributed by atoms with van der Waals surface area (Å²) in [4.78, 5) is 14.7. The van der Waals surface area contributed by atoms with Gasteiger partial charge in [0.2, 0.25) is 0 Å². The molecule has 0 fully saturated rings. The van der Waals surface area contributed by atoms with Crippen molar-refractivity contribution in [1.82, 2.24) is 19.9 Å². The molecular formula is C8H12N6O. The van der Waals surface area contributed by atoms with Gasteiger partial charge in [0.05, 0.1) is 0 Å². The minimum Gasteiger partial charge on any atom is -0.385 e. The van der Waals surface area contributed by atoms with E-state index in [1.807, 2.05) is 0 Å². The molecular weight excluding hydrogens is 196 g/mol. The van der Waals surface area contributed by atoms with E-state index in [0.717, 1.165) is 0 Å². The summed E-state index contributed by atoms with van der Waals surface area (Å²) in [7, 11) is 0. The highest BCUT2D eigenvalue weighted by molar-refractivity contribution is 5.81. The maximum absolute atomic E-state index is 9.65. The Balaban J connectivity index is 2.43. The van der Waals surface area contributed by atoms with Gasteiger partial charge >= 0.3 is 0 Å². The Hall–Kier alpha value is -1.73. The van der Waals surface area contributed by atoms with E-state index in [2.05, 4.69) is 19.9 Å². The van der Waals surface area contributed by atoms with Crippen molar-refractivity contribution in [2.24, 2.45) is 5.73 Å². The molecule has 6 N–H and O–H groups in total. The predicted octanol–water partition coefficient (Wildman–Crippen LogP) is -0.683. The lowest BCUT2D eigenvalue weighted by Crippen LogP contribution is -2.07. The highest BCUT2D eigenvalue weighted by Crippen LogP contribution is 2.18. The summed E-state index contributed by atoms with van der Waals surface area (Å²) in [5, 5.41) is 9.65. The van der Waals surface area contributed by atoms with E-state index in [4.69, 9.17) is 11.5 Å². The molecule has 2 aromatic rings. The van der Waals surface area contributed by atoms with Crippen LogP contribution < -0.4 is 11.5 Å². The predicted molar refractivity (Wildman–Crippen MR) is 54.7 cm³/mol. The average Bonchev–Trinajstić information content (AvgIpc) is 2.63. The number of aromatic nitrogens is 4. The number of rotatable bonds is 3. The lowest BCUT2D eigenvalue weighted by molar-refractivity contribution is 0.162. The molecule has 0 saturated carbocycles. The molecule has 1 atom stereocenters. The van der Waals surface area contributed by atoms with Crippen LogP contribution in [-0.2, 0) is 0 Å². The van der Waals surface area contributed by atoms with Crippen LogP contribution in [0.5, 0.6) is 0 Å².